The lowest BCUT2D eigenvalue weighted by molar-refractivity contribution is 0.630. The number of para-hydroxylation sites is 1. The van der Waals surface area contributed by atoms with Crippen molar-refractivity contribution in [3.63, 3.8) is 0 Å². The van der Waals surface area contributed by atoms with Crippen molar-refractivity contribution < 1.29 is 4.39 Å². The number of nitrogens with one attached hydrogen (secondary N) is 1. The summed E-state index contributed by atoms with van der Waals surface area (Å²) in [6.45, 7) is 4.21. The highest BCUT2D eigenvalue weighted by Gasteiger charge is 2.13. The predicted octanol–water partition coefficient (Wildman–Crippen LogP) is 4.65. The number of anilines is 1. The van der Waals surface area contributed by atoms with Gasteiger partial charge in [-0.25, -0.2) is 14.4 Å². The minimum absolute atomic E-state index is 0.284. The first-order valence-electron chi connectivity index (χ1n) is 7.47. The highest BCUT2D eigenvalue weighted by Crippen LogP contribution is 2.26. The van der Waals surface area contributed by atoms with Gasteiger partial charge in [0.25, 0.3) is 0 Å². The first-order valence-corrected chi connectivity index (χ1v) is 7.47. The molecule has 22 heavy (non-hydrogen) atoms. The number of aromatic nitrogens is 2. The van der Waals surface area contributed by atoms with E-state index in [1.807, 2.05) is 24.3 Å². The van der Waals surface area contributed by atoms with Crippen molar-refractivity contribution in [1.29, 1.82) is 0 Å². The molecule has 0 aliphatic carbocycles. The van der Waals surface area contributed by atoms with Crippen LogP contribution >= 0.6 is 0 Å². The van der Waals surface area contributed by atoms with Crippen molar-refractivity contribution in [1.82, 2.24) is 9.97 Å². The standard InChI is InChI=1S/C18H18FN3/c1-3-12(2)20-18-14-9-5-7-11-16(14)21-17(22-18)13-8-4-6-10-15(13)19/h4-12H,3H2,1-2H3,(H,20,21,22). The largest absolute Gasteiger partial charge is 0.367 e. The number of rotatable bonds is 4. The quantitative estimate of drug-likeness (QED) is 0.761. The minimum Gasteiger partial charge on any atom is -0.367 e. The van der Waals surface area contributed by atoms with Gasteiger partial charge in [0.05, 0.1) is 11.1 Å². The van der Waals surface area contributed by atoms with Crippen LogP contribution in [0.1, 0.15) is 20.3 Å². The van der Waals surface area contributed by atoms with Gasteiger partial charge in [0, 0.05) is 11.4 Å². The van der Waals surface area contributed by atoms with Crippen LogP contribution in [0.4, 0.5) is 10.2 Å². The molecule has 0 spiro atoms. The summed E-state index contributed by atoms with van der Waals surface area (Å²) in [6, 6.07) is 14.6. The molecule has 0 aliphatic rings. The van der Waals surface area contributed by atoms with Crippen molar-refractivity contribution in [3.8, 4) is 11.4 Å². The number of fused-ring (bicyclic) bond motifs is 1. The molecule has 0 bridgehead atoms. The van der Waals surface area contributed by atoms with E-state index >= 15 is 0 Å². The molecule has 0 aliphatic heterocycles. The summed E-state index contributed by atoms with van der Waals surface area (Å²) in [6.07, 6.45) is 0.980. The lowest BCUT2D eigenvalue weighted by Crippen LogP contribution is -2.15. The summed E-state index contributed by atoms with van der Waals surface area (Å²) in [5, 5.41) is 4.34. The lowest BCUT2D eigenvalue weighted by atomic mass is 10.1. The van der Waals surface area contributed by atoms with Crippen LogP contribution in [0.5, 0.6) is 0 Å². The molecule has 4 heteroatoms. The molecule has 3 aromatic rings. The van der Waals surface area contributed by atoms with Crippen LogP contribution in [-0.4, -0.2) is 16.0 Å². The Labute approximate surface area is 129 Å². The van der Waals surface area contributed by atoms with Crippen molar-refractivity contribution in [2.75, 3.05) is 5.32 Å². The Morgan fingerprint density at radius 1 is 1.05 bits per heavy atom. The molecular weight excluding hydrogens is 277 g/mol. The molecule has 3 rings (SSSR count). The van der Waals surface area contributed by atoms with Gasteiger partial charge in [-0.15, -0.1) is 0 Å². The van der Waals surface area contributed by atoms with Crippen LogP contribution in [0.2, 0.25) is 0 Å². The second-order valence-corrected chi connectivity index (χ2v) is 5.35. The van der Waals surface area contributed by atoms with Gasteiger partial charge in [0.2, 0.25) is 0 Å². The Kier molecular flexibility index (Phi) is 4.00. The fourth-order valence-corrected chi connectivity index (χ4v) is 2.29. The van der Waals surface area contributed by atoms with Crippen molar-refractivity contribution in [2.24, 2.45) is 0 Å². The Morgan fingerprint density at radius 2 is 1.77 bits per heavy atom. The Morgan fingerprint density at radius 3 is 2.55 bits per heavy atom. The Balaban J connectivity index is 2.18. The van der Waals surface area contributed by atoms with E-state index in [1.165, 1.54) is 6.07 Å². The molecule has 2 aromatic carbocycles. The summed E-state index contributed by atoms with van der Waals surface area (Å²) in [5.74, 6) is 0.841. The van der Waals surface area contributed by atoms with E-state index in [9.17, 15) is 4.39 Å². The first kappa shape index (κ1) is 14.4. The number of nitrogens with zero attached hydrogens (tertiary/aromatic N) is 2. The van der Waals surface area contributed by atoms with Crippen LogP contribution in [0.25, 0.3) is 22.3 Å². The van der Waals surface area contributed by atoms with E-state index in [2.05, 4.69) is 29.1 Å². The van der Waals surface area contributed by atoms with Gasteiger partial charge in [-0.3, -0.25) is 0 Å². The molecule has 0 fully saturated rings. The summed E-state index contributed by atoms with van der Waals surface area (Å²) < 4.78 is 14.0. The maximum atomic E-state index is 14.0. The molecule has 1 atom stereocenters. The number of hydrogen-bond donors (Lipinski definition) is 1. The van der Waals surface area contributed by atoms with Crippen molar-refractivity contribution in [3.05, 3.63) is 54.3 Å². The number of halogens is 1. The third-order valence-electron chi connectivity index (χ3n) is 3.71. The van der Waals surface area contributed by atoms with Gasteiger partial charge in [0.15, 0.2) is 5.82 Å². The molecule has 0 saturated carbocycles. The zero-order chi connectivity index (χ0) is 15.5. The summed E-state index contributed by atoms with van der Waals surface area (Å²) in [7, 11) is 0. The third-order valence-corrected chi connectivity index (χ3v) is 3.71. The van der Waals surface area contributed by atoms with E-state index in [0.29, 0.717) is 11.4 Å². The Hall–Kier alpha value is -2.49. The van der Waals surface area contributed by atoms with E-state index in [4.69, 9.17) is 0 Å². The van der Waals surface area contributed by atoms with Crippen LogP contribution in [-0.2, 0) is 0 Å². The fourth-order valence-electron chi connectivity index (χ4n) is 2.29. The topological polar surface area (TPSA) is 37.8 Å². The minimum atomic E-state index is -0.313. The predicted molar refractivity (Wildman–Crippen MR) is 88.3 cm³/mol. The maximum absolute atomic E-state index is 14.0. The second-order valence-electron chi connectivity index (χ2n) is 5.35. The average molecular weight is 295 g/mol. The van der Waals surface area contributed by atoms with Gasteiger partial charge in [-0.05, 0) is 37.6 Å². The van der Waals surface area contributed by atoms with Crippen molar-refractivity contribution in [2.45, 2.75) is 26.3 Å². The smallest absolute Gasteiger partial charge is 0.165 e. The zero-order valence-electron chi connectivity index (χ0n) is 12.7. The fraction of sp³-hybridized carbons (Fsp3) is 0.222. The molecule has 3 nitrogen and oxygen atoms in total. The molecule has 0 amide bonds. The van der Waals surface area contributed by atoms with Crippen LogP contribution in [0.3, 0.4) is 0 Å². The third kappa shape index (κ3) is 2.77. The second kappa shape index (κ2) is 6.10. The summed E-state index contributed by atoms with van der Waals surface area (Å²) in [4.78, 5) is 9.07. The SMILES string of the molecule is CCC(C)Nc1nc(-c2ccccc2F)nc2ccccc12. The van der Waals surface area contributed by atoms with Crippen LogP contribution in [0, 0.1) is 5.82 Å². The molecule has 112 valence electrons. The molecule has 0 saturated heterocycles. The molecular formula is C18H18FN3. The average Bonchev–Trinajstić information content (AvgIpc) is 2.55. The lowest BCUT2D eigenvalue weighted by Gasteiger charge is -2.15. The molecule has 0 radical (unpaired) electrons. The zero-order valence-corrected chi connectivity index (χ0v) is 12.7. The van der Waals surface area contributed by atoms with Crippen LogP contribution < -0.4 is 5.32 Å². The molecule has 1 unspecified atom stereocenters. The highest BCUT2D eigenvalue weighted by atomic mass is 19.1. The van der Waals surface area contributed by atoms with Crippen molar-refractivity contribution >= 4 is 16.7 Å². The van der Waals surface area contributed by atoms with Crippen LogP contribution in [0.15, 0.2) is 48.5 Å². The summed E-state index contributed by atoms with van der Waals surface area (Å²) >= 11 is 0. The normalized spacial score (nSPS) is 12.3. The number of hydrogen-bond acceptors (Lipinski definition) is 3. The van der Waals surface area contributed by atoms with Gasteiger partial charge in [-0.2, -0.15) is 0 Å². The molecule has 1 heterocycles. The van der Waals surface area contributed by atoms with E-state index in [1.54, 1.807) is 18.2 Å². The van der Waals surface area contributed by atoms with E-state index in [-0.39, 0.29) is 11.9 Å². The summed E-state index contributed by atoms with van der Waals surface area (Å²) in [5.41, 5.74) is 1.22. The number of benzene rings is 2. The maximum Gasteiger partial charge on any atom is 0.165 e. The van der Waals surface area contributed by atoms with E-state index < -0.39 is 0 Å². The van der Waals surface area contributed by atoms with Gasteiger partial charge >= 0.3 is 0 Å². The first-order chi connectivity index (χ1) is 10.7. The monoisotopic (exact) mass is 295 g/mol. The van der Waals surface area contributed by atoms with Gasteiger partial charge in [0.1, 0.15) is 11.6 Å². The Bertz CT molecular complexity index is 801. The molecule has 1 N–H and O–H groups in total. The van der Waals surface area contributed by atoms with Gasteiger partial charge in [-0.1, -0.05) is 31.2 Å². The van der Waals surface area contributed by atoms with E-state index in [0.717, 1.165) is 23.1 Å². The highest BCUT2D eigenvalue weighted by molar-refractivity contribution is 5.90. The van der Waals surface area contributed by atoms with Gasteiger partial charge < -0.3 is 5.32 Å². The molecule has 1 aromatic heterocycles.